The highest BCUT2D eigenvalue weighted by molar-refractivity contribution is 5.95. The van der Waals surface area contributed by atoms with Gasteiger partial charge in [0.2, 0.25) is 0 Å². The molecule has 14 heavy (non-hydrogen) atoms. The van der Waals surface area contributed by atoms with E-state index >= 15 is 0 Å². The zero-order chi connectivity index (χ0) is 9.38. The molecule has 66 valence electrons. The molecule has 2 nitrogen and oxygen atoms in total. The molecule has 0 fully saturated rings. The van der Waals surface area contributed by atoms with Crippen LogP contribution in [0.25, 0.3) is 21.7 Å². The van der Waals surface area contributed by atoms with E-state index in [0.29, 0.717) is 0 Å². The molecule has 0 saturated carbocycles. The molecule has 3 aromatic rings. The smallest absolute Gasteiger partial charge is 0.106 e. The molecule has 0 spiro atoms. The number of aromatic nitrogens is 2. The number of aromatic amines is 1. The van der Waals surface area contributed by atoms with Gasteiger partial charge in [-0.15, -0.1) is 5.10 Å². The Kier molecular flexibility index (Phi) is 1.47. The van der Waals surface area contributed by atoms with Crippen LogP contribution in [0.3, 0.4) is 0 Å². The van der Waals surface area contributed by atoms with Crippen molar-refractivity contribution >= 4 is 21.7 Å². The lowest BCUT2D eigenvalue weighted by atomic mass is 10.1. The lowest BCUT2D eigenvalue weighted by Crippen LogP contribution is -2.05. The first-order chi connectivity index (χ1) is 6.93. The van der Waals surface area contributed by atoms with Gasteiger partial charge in [-0.05, 0) is 28.0 Å². The summed E-state index contributed by atoms with van der Waals surface area (Å²) in [5, 5.41) is 10.7. The van der Waals surface area contributed by atoms with Gasteiger partial charge in [0.05, 0.1) is 0 Å². The highest BCUT2D eigenvalue weighted by Gasteiger charge is 1.99. The summed E-state index contributed by atoms with van der Waals surface area (Å²) in [7, 11) is 0. The standard InChI is InChI=1S/C12H8N2/c1-2-4-10-8-12-11(5-6-13-14-12)7-9(10)3-1/h1-8H/p+1. The third-order valence-electron chi connectivity index (χ3n) is 2.42. The van der Waals surface area contributed by atoms with Crippen LogP contribution in [0, 0.1) is 0 Å². The zero-order valence-corrected chi connectivity index (χ0v) is 7.57. The average molecular weight is 181 g/mol. The minimum Gasteiger partial charge on any atom is -0.106 e. The Hall–Kier alpha value is -1.96. The van der Waals surface area contributed by atoms with Crippen LogP contribution >= 0.6 is 0 Å². The molecule has 1 aromatic heterocycles. The van der Waals surface area contributed by atoms with E-state index in [-0.39, 0.29) is 0 Å². The van der Waals surface area contributed by atoms with E-state index in [1.54, 1.807) is 0 Å². The van der Waals surface area contributed by atoms with E-state index in [9.17, 15) is 0 Å². The lowest BCUT2D eigenvalue weighted by molar-refractivity contribution is -0.451. The van der Waals surface area contributed by atoms with Crippen molar-refractivity contribution in [3.05, 3.63) is 48.7 Å². The summed E-state index contributed by atoms with van der Waals surface area (Å²) in [6.07, 6.45) is 1.84. The van der Waals surface area contributed by atoms with E-state index in [4.69, 9.17) is 0 Å². The number of hydrogen-bond donors (Lipinski definition) is 0. The van der Waals surface area contributed by atoms with E-state index in [1.165, 1.54) is 16.2 Å². The second-order valence-corrected chi connectivity index (χ2v) is 3.33. The summed E-state index contributed by atoms with van der Waals surface area (Å²) >= 11 is 0. The Morgan fingerprint density at radius 1 is 0.857 bits per heavy atom. The van der Waals surface area contributed by atoms with Crippen molar-refractivity contribution in [2.24, 2.45) is 0 Å². The number of H-pyrrole nitrogens is 1. The molecule has 0 bridgehead atoms. The molecule has 0 aliphatic carbocycles. The molecule has 0 amide bonds. The third kappa shape index (κ3) is 1.04. The van der Waals surface area contributed by atoms with Gasteiger partial charge >= 0.3 is 0 Å². The highest BCUT2D eigenvalue weighted by atomic mass is 15.1. The fraction of sp³-hybridized carbons (Fsp3) is 0. The Bertz CT molecular complexity index is 497. The number of fused-ring (bicyclic) bond motifs is 2. The molecule has 0 saturated heterocycles. The van der Waals surface area contributed by atoms with Crippen molar-refractivity contribution in [3.8, 4) is 0 Å². The Balaban J connectivity index is 2.52. The normalized spacial score (nSPS) is 10.9. The molecule has 0 unspecified atom stereocenters. The van der Waals surface area contributed by atoms with Crippen LogP contribution in [0.15, 0.2) is 48.7 Å². The van der Waals surface area contributed by atoms with Crippen LogP contribution in [-0.4, -0.2) is 5.10 Å². The summed E-state index contributed by atoms with van der Waals surface area (Å²) in [6.45, 7) is 0. The number of benzene rings is 2. The van der Waals surface area contributed by atoms with Gasteiger partial charge in [0.25, 0.3) is 0 Å². The van der Waals surface area contributed by atoms with Gasteiger partial charge in [0, 0.05) is 11.5 Å². The topological polar surface area (TPSA) is 27.0 Å². The van der Waals surface area contributed by atoms with Crippen LogP contribution in [0.5, 0.6) is 0 Å². The number of hydrogen-bond acceptors (Lipinski definition) is 1. The van der Waals surface area contributed by atoms with Gasteiger partial charge in [-0.1, -0.05) is 24.3 Å². The number of nitrogens with one attached hydrogen (secondary N) is 1. The molecular formula is C12H9N2+. The fourth-order valence-corrected chi connectivity index (χ4v) is 1.71. The Morgan fingerprint density at radius 2 is 1.64 bits per heavy atom. The second kappa shape index (κ2) is 2.77. The van der Waals surface area contributed by atoms with Crippen molar-refractivity contribution in [1.82, 2.24) is 5.10 Å². The summed E-state index contributed by atoms with van der Waals surface area (Å²) in [4.78, 5) is 0. The Morgan fingerprint density at radius 3 is 2.50 bits per heavy atom. The maximum atomic E-state index is 4.21. The monoisotopic (exact) mass is 181 g/mol. The van der Waals surface area contributed by atoms with Crippen LogP contribution in [0.1, 0.15) is 0 Å². The highest BCUT2D eigenvalue weighted by Crippen LogP contribution is 2.19. The maximum absolute atomic E-state index is 4.21. The first-order valence-electron chi connectivity index (χ1n) is 4.59. The van der Waals surface area contributed by atoms with Crippen molar-refractivity contribution in [3.63, 3.8) is 0 Å². The molecule has 0 aliphatic heterocycles. The summed E-state index contributed by atoms with van der Waals surface area (Å²) in [5.74, 6) is 0. The van der Waals surface area contributed by atoms with Crippen molar-refractivity contribution in [2.75, 3.05) is 0 Å². The van der Waals surface area contributed by atoms with Crippen molar-refractivity contribution < 1.29 is 5.10 Å². The predicted octanol–water partition coefficient (Wildman–Crippen LogP) is 2.20. The lowest BCUT2D eigenvalue weighted by Gasteiger charge is -1.97. The largest absolute Gasteiger partial charge is 0.194 e. The molecule has 0 radical (unpaired) electrons. The number of rotatable bonds is 0. The quantitative estimate of drug-likeness (QED) is 0.488. The van der Waals surface area contributed by atoms with Gasteiger partial charge in [-0.25, -0.2) is 0 Å². The first-order valence-corrected chi connectivity index (χ1v) is 4.59. The summed E-state index contributed by atoms with van der Waals surface area (Å²) in [5.41, 5.74) is 1.01. The predicted molar refractivity (Wildman–Crippen MR) is 55.8 cm³/mol. The molecular weight excluding hydrogens is 172 g/mol. The van der Waals surface area contributed by atoms with Gasteiger partial charge in [0.15, 0.2) is 6.20 Å². The van der Waals surface area contributed by atoms with E-state index in [2.05, 4.69) is 40.5 Å². The van der Waals surface area contributed by atoms with Crippen molar-refractivity contribution in [2.45, 2.75) is 0 Å². The average Bonchev–Trinajstić information content (AvgIpc) is 2.26. The minimum absolute atomic E-state index is 1.01. The first kappa shape index (κ1) is 7.44. The summed E-state index contributed by atoms with van der Waals surface area (Å²) < 4.78 is 0. The van der Waals surface area contributed by atoms with E-state index in [1.807, 2.05) is 18.3 Å². The molecule has 3 rings (SSSR count). The SMILES string of the molecule is c1ccc2cc3n[nH+]ccc3cc2c1. The van der Waals surface area contributed by atoms with Gasteiger partial charge < -0.3 is 0 Å². The molecule has 0 atom stereocenters. The molecule has 1 N–H and O–H groups in total. The van der Waals surface area contributed by atoms with E-state index < -0.39 is 0 Å². The number of nitrogens with zero attached hydrogens (tertiary/aromatic N) is 1. The minimum atomic E-state index is 1.01. The van der Waals surface area contributed by atoms with Gasteiger partial charge in [0.1, 0.15) is 5.52 Å². The Labute approximate surface area is 81.2 Å². The van der Waals surface area contributed by atoms with Crippen LogP contribution in [0.4, 0.5) is 0 Å². The molecule has 0 aliphatic rings. The molecule has 2 aromatic carbocycles. The second-order valence-electron chi connectivity index (χ2n) is 3.33. The van der Waals surface area contributed by atoms with Crippen LogP contribution in [-0.2, 0) is 0 Å². The zero-order valence-electron chi connectivity index (χ0n) is 7.57. The molecule has 2 heteroatoms. The summed E-state index contributed by atoms with van der Waals surface area (Å²) in [6, 6.07) is 14.6. The van der Waals surface area contributed by atoms with Gasteiger partial charge in [-0.2, -0.15) is 0 Å². The maximum Gasteiger partial charge on any atom is 0.194 e. The van der Waals surface area contributed by atoms with Crippen molar-refractivity contribution in [1.29, 1.82) is 0 Å². The van der Waals surface area contributed by atoms with Crippen LogP contribution in [0.2, 0.25) is 0 Å². The fourth-order valence-electron chi connectivity index (χ4n) is 1.71. The van der Waals surface area contributed by atoms with Crippen LogP contribution < -0.4 is 5.10 Å². The van der Waals surface area contributed by atoms with Gasteiger partial charge in [-0.3, -0.25) is 0 Å². The third-order valence-corrected chi connectivity index (χ3v) is 2.42. The van der Waals surface area contributed by atoms with E-state index in [0.717, 1.165) is 5.52 Å². The molecule has 1 heterocycles.